The number of nitrogens with one attached hydrogen (secondary N) is 1. The summed E-state index contributed by atoms with van der Waals surface area (Å²) in [5, 5.41) is 0. The lowest BCUT2D eigenvalue weighted by Crippen LogP contribution is -2.45. The Morgan fingerprint density at radius 2 is 2.25 bits per heavy atom. The maximum absolute atomic E-state index is 3.45. The molecule has 1 unspecified atom stereocenters. The lowest BCUT2D eigenvalue weighted by atomic mass is 11.6. The summed E-state index contributed by atoms with van der Waals surface area (Å²) in [7, 11) is 2.98. The first kappa shape index (κ1) is 8.57. The van der Waals surface area contributed by atoms with Crippen LogP contribution in [0.1, 0.15) is 0 Å². The second kappa shape index (κ2) is 4.45. The largest absolute Gasteiger partial charge is 0.358 e. The van der Waals surface area contributed by atoms with Crippen molar-refractivity contribution in [2.75, 3.05) is 7.05 Å². The molecule has 0 aromatic carbocycles. The van der Waals surface area contributed by atoms with Gasteiger partial charge in [-0.3, -0.25) is 0 Å². The molecule has 0 aliphatic rings. The van der Waals surface area contributed by atoms with E-state index in [-0.39, 0.29) is 9.68 Å². The van der Waals surface area contributed by atoms with E-state index in [2.05, 4.69) is 29.0 Å². The summed E-state index contributed by atoms with van der Waals surface area (Å²) in [6.07, 6.45) is 0. The van der Waals surface area contributed by atoms with Crippen molar-refractivity contribution in [1.29, 1.82) is 0 Å². The van der Waals surface area contributed by atoms with E-state index in [1.54, 1.807) is 0 Å². The molecule has 1 N–H and O–H groups in total. The van der Waals surface area contributed by atoms with Gasteiger partial charge in [0.05, 0.1) is 20.1 Å². The number of hydrogen-bond acceptors (Lipinski definition) is 2. The first-order valence-corrected chi connectivity index (χ1v) is 8.39. The van der Waals surface area contributed by atoms with Crippen LogP contribution in [0.15, 0.2) is 0 Å². The van der Waals surface area contributed by atoms with E-state index in [9.17, 15) is 0 Å². The maximum Gasteiger partial charge on any atom is 0.169 e. The Morgan fingerprint density at radius 3 is 2.38 bits per heavy atom. The Balaban J connectivity index is 3.29. The van der Waals surface area contributed by atoms with Gasteiger partial charge in [-0.2, -0.15) is 0 Å². The Morgan fingerprint density at radius 1 is 1.75 bits per heavy atom. The van der Waals surface area contributed by atoms with Crippen molar-refractivity contribution in [3.8, 4) is 0 Å². The van der Waals surface area contributed by atoms with E-state index in [1.165, 1.54) is 10.4 Å². The number of nitrogens with zero attached hydrogens (tertiary/aromatic N) is 1. The van der Waals surface area contributed by atoms with Crippen molar-refractivity contribution in [1.82, 2.24) is 8.88 Å². The van der Waals surface area contributed by atoms with E-state index in [0.717, 1.165) is 0 Å². The van der Waals surface area contributed by atoms with Gasteiger partial charge in [-0.25, -0.2) is 0 Å². The second-order valence-electron chi connectivity index (χ2n) is 2.04. The molecule has 0 aliphatic heterocycles. The van der Waals surface area contributed by atoms with Crippen LogP contribution >= 0.6 is 0 Å². The summed E-state index contributed by atoms with van der Waals surface area (Å²) in [6.45, 7) is 4.69. The molecule has 0 heterocycles. The molecular formula is C3H16N2Si3. The van der Waals surface area contributed by atoms with Crippen LogP contribution in [0.4, 0.5) is 0 Å². The highest BCUT2D eigenvalue weighted by atomic mass is 28.4. The minimum atomic E-state index is -0.569. The molecule has 0 rings (SSSR count). The fraction of sp³-hybridized carbons (Fsp3) is 1.00. The molecule has 0 aromatic rings. The molecule has 8 heavy (non-hydrogen) atoms. The normalized spacial score (nSPS) is 16.5. The molecule has 0 aliphatic carbocycles. The van der Waals surface area contributed by atoms with Crippen molar-refractivity contribution in [2.24, 2.45) is 0 Å². The molecule has 5 heteroatoms. The molecule has 0 bridgehead atoms. The van der Waals surface area contributed by atoms with Gasteiger partial charge in [0.1, 0.15) is 0 Å². The Hall–Kier alpha value is 0.571. The second-order valence-corrected chi connectivity index (χ2v) is 8.94. The van der Waals surface area contributed by atoms with Gasteiger partial charge in [0.15, 0.2) is 9.12 Å². The molecule has 0 saturated carbocycles. The minimum Gasteiger partial charge on any atom is -0.358 e. The Bertz CT molecular complexity index is 52.5. The Kier molecular flexibility index (Phi) is 4.77. The van der Waals surface area contributed by atoms with Crippen molar-refractivity contribution in [3.63, 3.8) is 0 Å². The molecule has 0 saturated heterocycles. The number of rotatable bonds is 3. The molecule has 0 amide bonds. The zero-order valence-electron chi connectivity index (χ0n) is 6.23. The van der Waals surface area contributed by atoms with Gasteiger partial charge < -0.3 is 8.88 Å². The molecule has 0 spiro atoms. The van der Waals surface area contributed by atoms with Gasteiger partial charge in [0.25, 0.3) is 0 Å². The fourth-order valence-corrected chi connectivity index (χ4v) is 6.09. The van der Waals surface area contributed by atoms with Gasteiger partial charge in [-0.1, -0.05) is 6.55 Å². The van der Waals surface area contributed by atoms with Crippen LogP contribution in [0.5, 0.6) is 0 Å². The van der Waals surface area contributed by atoms with Crippen molar-refractivity contribution in [2.45, 2.75) is 13.1 Å². The maximum atomic E-state index is 3.45. The summed E-state index contributed by atoms with van der Waals surface area (Å²) < 4.78 is 6.00. The van der Waals surface area contributed by atoms with Gasteiger partial charge in [-0.05, 0) is 13.6 Å². The topological polar surface area (TPSA) is 15.3 Å². The average Bonchev–Trinajstić information content (AvgIpc) is 1.84. The van der Waals surface area contributed by atoms with Crippen LogP contribution in [-0.2, 0) is 0 Å². The summed E-state index contributed by atoms with van der Waals surface area (Å²) in [5.74, 6) is 0. The zero-order chi connectivity index (χ0) is 6.57. The standard InChI is InChI=1S/C3H16N2Si3/c1-5(7-2)8(3)4-6/h4,8H,7H2,1-3,6H3. The van der Waals surface area contributed by atoms with E-state index in [4.69, 9.17) is 0 Å². The lowest BCUT2D eigenvalue weighted by molar-refractivity contribution is 0.815. The monoisotopic (exact) mass is 164 g/mol. The van der Waals surface area contributed by atoms with Crippen LogP contribution in [-0.4, -0.2) is 40.5 Å². The van der Waals surface area contributed by atoms with Crippen LogP contribution < -0.4 is 4.65 Å². The third kappa shape index (κ3) is 2.78. The highest BCUT2D eigenvalue weighted by molar-refractivity contribution is 6.65. The molecular weight excluding hydrogens is 148 g/mol. The smallest absolute Gasteiger partial charge is 0.169 e. The van der Waals surface area contributed by atoms with Crippen molar-refractivity contribution < 1.29 is 0 Å². The van der Waals surface area contributed by atoms with E-state index in [1.807, 2.05) is 0 Å². The quantitative estimate of drug-likeness (QED) is 0.475. The SMILES string of the molecule is C[SiH2]N(C)[SiH](C)N[SiH3]. The molecule has 0 fully saturated rings. The first-order valence-electron chi connectivity index (χ1n) is 3.09. The molecule has 2 nitrogen and oxygen atoms in total. The average molecular weight is 164 g/mol. The summed E-state index contributed by atoms with van der Waals surface area (Å²) >= 11 is 0. The van der Waals surface area contributed by atoms with Crippen LogP contribution in [0.2, 0.25) is 13.1 Å². The highest BCUT2D eigenvalue weighted by Crippen LogP contribution is 1.79. The van der Waals surface area contributed by atoms with Gasteiger partial charge >= 0.3 is 0 Å². The van der Waals surface area contributed by atoms with Gasteiger partial charge in [-0.15, -0.1) is 0 Å². The molecule has 0 radical (unpaired) electrons. The summed E-state index contributed by atoms with van der Waals surface area (Å²) in [6, 6.07) is 0. The van der Waals surface area contributed by atoms with E-state index in [0.29, 0.717) is 0 Å². The summed E-state index contributed by atoms with van der Waals surface area (Å²) in [5.41, 5.74) is 0. The van der Waals surface area contributed by atoms with Crippen molar-refractivity contribution in [3.05, 3.63) is 0 Å². The van der Waals surface area contributed by atoms with Gasteiger partial charge in [0.2, 0.25) is 0 Å². The van der Waals surface area contributed by atoms with Crippen LogP contribution in [0.25, 0.3) is 0 Å². The van der Waals surface area contributed by atoms with Crippen LogP contribution in [0.3, 0.4) is 0 Å². The summed E-state index contributed by atoms with van der Waals surface area (Å²) in [4.78, 5) is 0. The van der Waals surface area contributed by atoms with Gasteiger partial charge in [0, 0.05) is 0 Å². The highest BCUT2D eigenvalue weighted by Gasteiger charge is 2.03. The van der Waals surface area contributed by atoms with Crippen LogP contribution in [0, 0.1) is 0 Å². The zero-order valence-corrected chi connectivity index (χ0v) is 10.8. The number of hydrogen-bond donors (Lipinski definition) is 1. The fourth-order valence-electron chi connectivity index (χ4n) is 0.494. The minimum absolute atomic E-state index is 0.135. The van der Waals surface area contributed by atoms with E-state index < -0.39 is 9.12 Å². The molecule has 50 valence electrons. The molecule has 0 aromatic heterocycles. The third-order valence-electron chi connectivity index (χ3n) is 1.58. The Labute approximate surface area is 58.8 Å². The third-order valence-corrected chi connectivity index (χ3v) is 9.98. The van der Waals surface area contributed by atoms with Crippen molar-refractivity contribution >= 4 is 29.2 Å². The predicted octanol–water partition coefficient (Wildman–Crippen LogP) is -2.23. The predicted molar refractivity (Wildman–Crippen MR) is 48.3 cm³/mol. The van der Waals surface area contributed by atoms with E-state index >= 15 is 0 Å². The molecule has 1 atom stereocenters. The lowest BCUT2D eigenvalue weighted by Gasteiger charge is -2.20. The first-order chi connectivity index (χ1) is 3.72.